The predicted octanol–water partition coefficient (Wildman–Crippen LogP) is 2.58. The third-order valence-electron chi connectivity index (χ3n) is 2.87. The van der Waals surface area contributed by atoms with Crippen LogP contribution in [0.2, 0.25) is 0 Å². The number of benzene rings is 1. The maximum atomic E-state index is 5.65. The molecule has 0 heterocycles. The Balaban J connectivity index is 0.00000441. The maximum Gasteiger partial charge on any atom is 0.191 e. The summed E-state index contributed by atoms with van der Waals surface area (Å²) in [6.07, 6.45) is 0.967. The number of hydrogen-bond donors (Lipinski definition) is 2. The van der Waals surface area contributed by atoms with Crippen LogP contribution in [0.15, 0.2) is 29.3 Å². The number of nitrogens with zero attached hydrogens (tertiary/aromatic N) is 1. The Bertz CT molecular complexity index is 410. The van der Waals surface area contributed by atoms with Crippen LogP contribution in [0.5, 0.6) is 5.75 Å². The number of ether oxygens (including phenoxy) is 2. The van der Waals surface area contributed by atoms with Crippen molar-refractivity contribution in [2.45, 2.75) is 20.3 Å². The average molecular weight is 421 g/mol. The molecule has 22 heavy (non-hydrogen) atoms. The third kappa shape index (κ3) is 9.83. The second-order valence-corrected chi connectivity index (χ2v) is 4.64. The second-order valence-electron chi connectivity index (χ2n) is 4.64. The van der Waals surface area contributed by atoms with Crippen LogP contribution < -0.4 is 15.4 Å². The van der Waals surface area contributed by atoms with Gasteiger partial charge >= 0.3 is 0 Å². The Hall–Kier alpha value is -1.02. The summed E-state index contributed by atoms with van der Waals surface area (Å²) in [5, 5.41) is 6.45. The summed E-state index contributed by atoms with van der Waals surface area (Å²) in [5.74, 6) is 1.68. The first-order valence-electron chi connectivity index (χ1n) is 7.48. The highest BCUT2D eigenvalue weighted by atomic mass is 127. The molecule has 6 heteroatoms. The van der Waals surface area contributed by atoms with Gasteiger partial charge in [0.1, 0.15) is 12.4 Å². The summed E-state index contributed by atoms with van der Waals surface area (Å²) < 4.78 is 10.9. The Morgan fingerprint density at radius 3 is 2.41 bits per heavy atom. The van der Waals surface area contributed by atoms with Crippen molar-refractivity contribution in [2.75, 3.05) is 40.0 Å². The van der Waals surface area contributed by atoms with Gasteiger partial charge in [0.05, 0.1) is 6.54 Å². The molecule has 0 saturated heterocycles. The SMILES string of the molecule is CCOCCCNC(=NC)NCCOc1ccc(C)cc1.I. The molecular formula is C16H28IN3O2. The van der Waals surface area contributed by atoms with Crippen molar-refractivity contribution >= 4 is 29.9 Å². The van der Waals surface area contributed by atoms with Crippen molar-refractivity contribution in [2.24, 2.45) is 4.99 Å². The fraction of sp³-hybridized carbons (Fsp3) is 0.562. The highest BCUT2D eigenvalue weighted by molar-refractivity contribution is 14.0. The van der Waals surface area contributed by atoms with Crippen LogP contribution in [0.4, 0.5) is 0 Å². The van der Waals surface area contributed by atoms with Gasteiger partial charge < -0.3 is 20.1 Å². The van der Waals surface area contributed by atoms with E-state index < -0.39 is 0 Å². The third-order valence-corrected chi connectivity index (χ3v) is 2.87. The summed E-state index contributed by atoms with van der Waals surface area (Å²) in [5.41, 5.74) is 1.23. The molecule has 1 aromatic rings. The minimum atomic E-state index is 0. The molecule has 1 rings (SSSR count). The standard InChI is InChI=1S/C16H27N3O2.HI/c1-4-20-12-5-10-18-16(17-3)19-11-13-21-15-8-6-14(2)7-9-15;/h6-9H,4-5,10-13H2,1-3H3,(H2,17,18,19);1H. The lowest BCUT2D eigenvalue weighted by atomic mass is 10.2. The summed E-state index contributed by atoms with van der Waals surface area (Å²) >= 11 is 0. The van der Waals surface area contributed by atoms with Crippen LogP contribution >= 0.6 is 24.0 Å². The molecule has 0 amide bonds. The Morgan fingerprint density at radius 2 is 1.77 bits per heavy atom. The minimum Gasteiger partial charge on any atom is -0.492 e. The Morgan fingerprint density at radius 1 is 1.09 bits per heavy atom. The zero-order chi connectivity index (χ0) is 15.3. The smallest absolute Gasteiger partial charge is 0.191 e. The lowest BCUT2D eigenvalue weighted by molar-refractivity contribution is 0.145. The summed E-state index contributed by atoms with van der Waals surface area (Å²) in [6.45, 7) is 7.76. The van der Waals surface area contributed by atoms with Crippen LogP contribution in [0.25, 0.3) is 0 Å². The van der Waals surface area contributed by atoms with Gasteiger partial charge in [-0.05, 0) is 32.4 Å². The second kappa shape index (κ2) is 13.6. The zero-order valence-corrected chi connectivity index (χ0v) is 16.1. The molecule has 0 aliphatic heterocycles. The summed E-state index contributed by atoms with van der Waals surface area (Å²) in [7, 11) is 1.76. The lowest BCUT2D eigenvalue weighted by Crippen LogP contribution is -2.39. The normalized spacial score (nSPS) is 10.8. The number of aryl methyl sites for hydroxylation is 1. The number of halogens is 1. The molecule has 0 radical (unpaired) electrons. The predicted molar refractivity (Wildman–Crippen MR) is 103 cm³/mol. The van der Waals surface area contributed by atoms with Crippen LogP contribution in [-0.2, 0) is 4.74 Å². The molecule has 126 valence electrons. The minimum absolute atomic E-state index is 0. The lowest BCUT2D eigenvalue weighted by Gasteiger charge is -2.12. The molecule has 0 aliphatic rings. The quantitative estimate of drug-likeness (QED) is 0.279. The Labute approximate surface area is 150 Å². The average Bonchev–Trinajstić information content (AvgIpc) is 2.51. The van der Waals surface area contributed by atoms with E-state index in [-0.39, 0.29) is 24.0 Å². The van der Waals surface area contributed by atoms with Crippen LogP contribution in [0.3, 0.4) is 0 Å². The Kier molecular flexibility index (Phi) is 13.0. The van der Waals surface area contributed by atoms with Gasteiger partial charge in [-0.1, -0.05) is 17.7 Å². The van der Waals surface area contributed by atoms with E-state index in [1.165, 1.54) is 5.56 Å². The van der Waals surface area contributed by atoms with E-state index in [9.17, 15) is 0 Å². The number of guanidine groups is 1. The first kappa shape index (κ1) is 21.0. The maximum absolute atomic E-state index is 5.65. The van der Waals surface area contributed by atoms with E-state index in [1.54, 1.807) is 7.05 Å². The van der Waals surface area contributed by atoms with E-state index in [1.807, 2.05) is 31.2 Å². The highest BCUT2D eigenvalue weighted by Gasteiger charge is 1.97. The van der Waals surface area contributed by atoms with E-state index in [0.717, 1.165) is 37.9 Å². The van der Waals surface area contributed by atoms with Gasteiger partial charge in [-0.2, -0.15) is 0 Å². The van der Waals surface area contributed by atoms with Gasteiger partial charge in [-0.15, -0.1) is 24.0 Å². The molecule has 0 saturated carbocycles. The topological polar surface area (TPSA) is 54.9 Å². The van der Waals surface area contributed by atoms with Gasteiger partial charge in [0, 0.05) is 26.8 Å². The van der Waals surface area contributed by atoms with Crippen LogP contribution in [0, 0.1) is 6.92 Å². The van der Waals surface area contributed by atoms with Crippen molar-refractivity contribution in [3.05, 3.63) is 29.8 Å². The summed E-state index contributed by atoms with van der Waals surface area (Å²) in [4.78, 5) is 4.16. The van der Waals surface area contributed by atoms with Gasteiger partial charge in [-0.3, -0.25) is 4.99 Å². The molecule has 0 unspecified atom stereocenters. The molecule has 0 aliphatic carbocycles. The van der Waals surface area contributed by atoms with Crippen molar-refractivity contribution < 1.29 is 9.47 Å². The molecule has 0 aromatic heterocycles. The fourth-order valence-corrected chi connectivity index (χ4v) is 1.72. The van der Waals surface area contributed by atoms with Crippen molar-refractivity contribution in [3.8, 4) is 5.75 Å². The van der Waals surface area contributed by atoms with Gasteiger partial charge in [-0.25, -0.2) is 0 Å². The van der Waals surface area contributed by atoms with Crippen LogP contribution in [-0.4, -0.2) is 45.9 Å². The zero-order valence-electron chi connectivity index (χ0n) is 13.7. The monoisotopic (exact) mass is 421 g/mol. The largest absolute Gasteiger partial charge is 0.492 e. The molecule has 2 N–H and O–H groups in total. The van der Waals surface area contributed by atoms with Crippen molar-refractivity contribution in [1.29, 1.82) is 0 Å². The van der Waals surface area contributed by atoms with Gasteiger partial charge in [0.15, 0.2) is 5.96 Å². The van der Waals surface area contributed by atoms with Gasteiger partial charge in [0.25, 0.3) is 0 Å². The van der Waals surface area contributed by atoms with Crippen molar-refractivity contribution in [3.63, 3.8) is 0 Å². The number of aliphatic imine (C=N–C) groups is 1. The van der Waals surface area contributed by atoms with Crippen LogP contribution in [0.1, 0.15) is 18.9 Å². The summed E-state index contributed by atoms with van der Waals surface area (Å²) in [6, 6.07) is 8.05. The number of nitrogens with one attached hydrogen (secondary N) is 2. The molecule has 1 aromatic carbocycles. The first-order chi connectivity index (χ1) is 10.3. The van der Waals surface area contributed by atoms with E-state index >= 15 is 0 Å². The van der Waals surface area contributed by atoms with E-state index in [4.69, 9.17) is 9.47 Å². The first-order valence-corrected chi connectivity index (χ1v) is 7.48. The molecule has 0 fully saturated rings. The fourth-order valence-electron chi connectivity index (χ4n) is 1.72. The van der Waals surface area contributed by atoms with E-state index in [2.05, 4.69) is 22.5 Å². The molecule has 0 spiro atoms. The molecule has 0 atom stereocenters. The highest BCUT2D eigenvalue weighted by Crippen LogP contribution is 2.10. The van der Waals surface area contributed by atoms with E-state index in [0.29, 0.717) is 13.2 Å². The number of rotatable bonds is 9. The van der Waals surface area contributed by atoms with Crippen molar-refractivity contribution in [1.82, 2.24) is 10.6 Å². The van der Waals surface area contributed by atoms with Gasteiger partial charge in [0.2, 0.25) is 0 Å². The molecule has 5 nitrogen and oxygen atoms in total. The number of hydrogen-bond acceptors (Lipinski definition) is 3. The molecular weight excluding hydrogens is 393 g/mol. The molecule has 0 bridgehead atoms.